The zero-order chi connectivity index (χ0) is 29.6. The van der Waals surface area contributed by atoms with E-state index in [0.717, 1.165) is 44.1 Å². The van der Waals surface area contributed by atoms with Gasteiger partial charge in [-0.1, -0.05) is 49.6 Å². The lowest BCUT2D eigenvalue weighted by Gasteiger charge is -2.36. The molecule has 2 aliphatic carbocycles. The molecule has 0 spiro atoms. The Bertz CT molecular complexity index is 1210. The Balaban J connectivity index is 1.72. The molecule has 3 amide bonds. The van der Waals surface area contributed by atoms with Gasteiger partial charge in [-0.2, -0.15) is 0 Å². The summed E-state index contributed by atoms with van der Waals surface area (Å²) in [7, 11) is 0. The van der Waals surface area contributed by atoms with E-state index in [9.17, 15) is 18.8 Å². The van der Waals surface area contributed by atoms with Crippen molar-refractivity contribution in [1.82, 2.24) is 10.2 Å². The summed E-state index contributed by atoms with van der Waals surface area (Å²) >= 11 is 0. The number of ether oxygens (including phenoxy) is 1. The van der Waals surface area contributed by atoms with Gasteiger partial charge in [0.1, 0.15) is 17.5 Å². The number of carbonyl (C=O) groups excluding carboxylic acids is 3. The molecule has 1 unspecified atom stereocenters. The van der Waals surface area contributed by atoms with Gasteiger partial charge < -0.3 is 15.0 Å². The van der Waals surface area contributed by atoms with Crippen LogP contribution < -0.4 is 10.2 Å². The summed E-state index contributed by atoms with van der Waals surface area (Å²) in [6.45, 7) is 7.86. The highest BCUT2D eigenvalue weighted by molar-refractivity contribution is 6.03. The third kappa shape index (κ3) is 8.08. The quantitative estimate of drug-likeness (QED) is 0.404. The number of nitrogens with zero attached hydrogens (tertiary/aromatic N) is 2. The van der Waals surface area contributed by atoms with Crippen LogP contribution >= 0.6 is 0 Å². The molecule has 0 radical (unpaired) electrons. The van der Waals surface area contributed by atoms with Crippen molar-refractivity contribution in [3.63, 3.8) is 0 Å². The second kappa shape index (κ2) is 13.5. The van der Waals surface area contributed by atoms with Crippen LogP contribution in [-0.4, -0.2) is 53.1 Å². The average Bonchev–Trinajstić information content (AvgIpc) is 3.27. The van der Waals surface area contributed by atoms with Crippen LogP contribution in [-0.2, 0) is 14.3 Å². The van der Waals surface area contributed by atoms with Gasteiger partial charge in [0.2, 0.25) is 11.8 Å². The standard InChI is InChI=1S/C33H44FN3O4/c1-23-13-7-5-10-19-28(23)30(31(39)35-25-15-8-6-9-16-25)37(27-17-11-14-24(34)21-27)29(38)22-26-18-12-20-36(26)32(40)41-33(2,3)4/h7,10-11,13-14,17,19,21,25-26,30H,5-6,8-9,12,15-16,18,20,22H2,1-4H3,(H,35,39)/t26?,30-/m0/s1. The fourth-order valence-electron chi connectivity index (χ4n) is 5.95. The number of allylic oxidation sites excluding steroid dienone is 4. The number of anilines is 1. The maximum Gasteiger partial charge on any atom is 0.410 e. The smallest absolute Gasteiger partial charge is 0.410 e. The first kappa shape index (κ1) is 30.5. The van der Waals surface area contributed by atoms with E-state index in [1.807, 2.05) is 52.0 Å². The third-order valence-corrected chi connectivity index (χ3v) is 7.92. The van der Waals surface area contributed by atoms with Gasteiger partial charge in [0.15, 0.2) is 0 Å². The summed E-state index contributed by atoms with van der Waals surface area (Å²) in [5, 5.41) is 3.22. The van der Waals surface area contributed by atoms with E-state index in [1.165, 1.54) is 17.0 Å². The van der Waals surface area contributed by atoms with Crippen molar-refractivity contribution in [3.05, 3.63) is 65.5 Å². The van der Waals surface area contributed by atoms with Gasteiger partial charge in [0, 0.05) is 30.7 Å². The van der Waals surface area contributed by atoms with Gasteiger partial charge in [0.05, 0.1) is 0 Å². The molecule has 0 aromatic heterocycles. The summed E-state index contributed by atoms with van der Waals surface area (Å²) in [5.41, 5.74) is 1.21. The molecule has 1 heterocycles. The second-order valence-electron chi connectivity index (χ2n) is 12.3. The zero-order valence-electron chi connectivity index (χ0n) is 24.8. The largest absolute Gasteiger partial charge is 0.444 e. The number of benzene rings is 1. The molecule has 222 valence electrons. The molecule has 7 nitrogen and oxygen atoms in total. The Hall–Kier alpha value is -3.42. The Kier molecular flexibility index (Phi) is 10.1. The lowest BCUT2D eigenvalue weighted by Crippen LogP contribution is -2.54. The minimum absolute atomic E-state index is 0.00511. The first-order chi connectivity index (χ1) is 19.5. The lowest BCUT2D eigenvalue weighted by molar-refractivity contribution is -0.126. The van der Waals surface area contributed by atoms with E-state index in [0.29, 0.717) is 30.6 Å². The highest BCUT2D eigenvalue weighted by Gasteiger charge is 2.39. The van der Waals surface area contributed by atoms with Crippen LogP contribution in [0.4, 0.5) is 14.9 Å². The molecule has 2 fully saturated rings. The molecule has 2 atom stereocenters. The molecule has 41 heavy (non-hydrogen) atoms. The van der Waals surface area contributed by atoms with Gasteiger partial charge in [-0.25, -0.2) is 9.18 Å². The van der Waals surface area contributed by atoms with E-state index in [2.05, 4.69) is 5.32 Å². The van der Waals surface area contributed by atoms with Crippen LogP contribution in [0.5, 0.6) is 0 Å². The molecule has 8 heteroatoms. The van der Waals surface area contributed by atoms with E-state index < -0.39 is 23.6 Å². The first-order valence-corrected chi connectivity index (χ1v) is 14.9. The summed E-state index contributed by atoms with van der Waals surface area (Å²) < 4.78 is 20.2. The van der Waals surface area contributed by atoms with Crippen LogP contribution in [0.15, 0.2) is 59.7 Å². The maximum absolute atomic E-state index is 14.6. The molecular formula is C33H44FN3O4. The minimum Gasteiger partial charge on any atom is -0.444 e. The second-order valence-corrected chi connectivity index (χ2v) is 12.3. The SMILES string of the molecule is CC1=C([C@@H](C(=O)NC2CCCCC2)N(C(=O)CC2CCCN2C(=O)OC(C)(C)C)c2cccc(F)c2)C=CCC=C1. The molecule has 1 saturated carbocycles. The van der Waals surface area contributed by atoms with Crippen LogP contribution in [0.25, 0.3) is 0 Å². The van der Waals surface area contributed by atoms with Crippen LogP contribution in [0.3, 0.4) is 0 Å². The number of halogens is 1. The predicted molar refractivity (Wildman–Crippen MR) is 159 cm³/mol. The lowest BCUT2D eigenvalue weighted by atomic mass is 9.93. The van der Waals surface area contributed by atoms with E-state index >= 15 is 0 Å². The number of hydrogen-bond donors (Lipinski definition) is 1. The summed E-state index contributed by atoms with van der Waals surface area (Å²) in [6, 6.07) is 4.49. The number of carbonyl (C=O) groups is 3. The van der Waals surface area contributed by atoms with Crippen molar-refractivity contribution in [3.8, 4) is 0 Å². The Morgan fingerprint density at radius 3 is 2.51 bits per heavy atom. The van der Waals surface area contributed by atoms with E-state index in [4.69, 9.17) is 4.74 Å². The molecule has 0 bridgehead atoms. The summed E-state index contributed by atoms with van der Waals surface area (Å²) in [4.78, 5) is 44.5. The van der Waals surface area contributed by atoms with Gasteiger partial charge in [0.25, 0.3) is 0 Å². The Labute approximate surface area is 243 Å². The van der Waals surface area contributed by atoms with Crippen molar-refractivity contribution in [2.75, 3.05) is 11.4 Å². The first-order valence-electron chi connectivity index (χ1n) is 14.9. The maximum atomic E-state index is 14.6. The van der Waals surface area contributed by atoms with E-state index in [-0.39, 0.29) is 30.3 Å². The molecule has 3 aliphatic rings. The monoisotopic (exact) mass is 565 g/mol. The molecule has 1 aliphatic heterocycles. The molecule has 4 rings (SSSR count). The molecule has 1 aromatic carbocycles. The van der Waals surface area contributed by atoms with Crippen molar-refractivity contribution < 1.29 is 23.5 Å². The number of likely N-dealkylation sites (tertiary alicyclic amines) is 1. The molecule has 1 saturated heterocycles. The average molecular weight is 566 g/mol. The fraction of sp³-hybridized carbons (Fsp3) is 0.545. The highest BCUT2D eigenvalue weighted by atomic mass is 19.1. The van der Waals surface area contributed by atoms with Gasteiger partial charge in [-0.3, -0.25) is 14.5 Å². The van der Waals surface area contributed by atoms with Crippen molar-refractivity contribution in [2.45, 2.75) is 109 Å². The molecular weight excluding hydrogens is 521 g/mol. The zero-order valence-corrected chi connectivity index (χ0v) is 24.8. The summed E-state index contributed by atoms with van der Waals surface area (Å²) in [6.07, 6.45) is 14.5. The van der Waals surface area contributed by atoms with E-state index in [1.54, 1.807) is 17.0 Å². The van der Waals surface area contributed by atoms with Crippen LogP contribution in [0, 0.1) is 5.82 Å². The Morgan fingerprint density at radius 2 is 1.80 bits per heavy atom. The number of hydrogen-bond acceptors (Lipinski definition) is 4. The Morgan fingerprint density at radius 1 is 1.07 bits per heavy atom. The molecule has 1 aromatic rings. The number of nitrogens with one attached hydrogen (secondary N) is 1. The van der Waals surface area contributed by atoms with Crippen LogP contribution in [0.2, 0.25) is 0 Å². The van der Waals surface area contributed by atoms with Crippen molar-refractivity contribution in [1.29, 1.82) is 0 Å². The van der Waals surface area contributed by atoms with Crippen molar-refractivity contribution in [2.24, 2.45) is 0 Å². The van der Waals surface area contributed by atoms with Crippen LogP contribution in [0.1, 0.15) is 85.5 Å². The normalized spacial score (nSPS) is 20.5. The van der Waals surface area contributed by atoms with Crippen molar-refractivity contribution >= 4 is 23.6 Å². The topological polar surface area (TPSA) is 79.0 Å². The van der Waals surface area contributed by atoms with Gasteiger partial charge in [-0.15, -0.1) is 0 Å². The number of rotatable bonds is 7. The fourth-order valence-corrected chi connectivity index (χ4v) is 5.95. The minimum atomic E-state index is -0.999. The number of amides is 3. The van der Waals surface area contributed by atoms with Gasteiger partial charge in [-0.05, 0) is 89.1 Å². The third-order valence-electron chi connectivity index (χ3n) is 7.92. The predicted octanol–water partition coefficient (Wildman–Crippen LogP) is 6.60. The van der Waals surface area contributed by atoms with Gasteiger partial charge >= 0.3 is 6.09 Å². The highest BCUT2D eigenvalue weighted by Crippen LogP contribution is 2.31. The summed E-state index contributed by atoms with van der Waals surface area (Å²) in [5.74, 6) is -1.12. The molecule has 1 N–H and O–H groups in total.